The average Bonchev–Trinajstić information content (AvgIpc) is 0.715. The molecule has 0 atom stereocenters. The number of benzene rings is 12. The van der Waals surface area contributed by atoms with Gasteiger partial charge in [-0.3, -0.25) is 0 Å². The Morgan fingerprint density at radius 2 is 0.413 bits per heavy atom. The van der Waals surface area contributed by atoms with E-state index < -0.39 is 82.4 Å². The zero-order valence-corrected chi connectivity index (χ0v) is 77.2. The second-order valence-electron chi connectivity index (χ2n) is 30.7. The Kier molecular flexibility index (Phi) is 22.2. The van der Waals surface area contributed by atoms with Crippen LogP contribution >= 0.6 is 0 Å². The molecule has 13 rings (SSSR count). The Hall–Kier alpha value is -6.33. The second-order valence-corrected chi connectivity index (χ2v) is 61.5. The van der Waals surface area contributed by atoms with Gasteiger partial charge in [-0.1, -0.05) is 0 Å². The summed E-state index contributed by atoms with van der Waals surface area (Å²) in [6.07, 6.45) is 0. The van der Waals surface area contributed by atoms with Gasteiger partial charge in [-0.15, -0.1) is 0 Å². The molecule has 0 N–H and O–H groups in total. The van der Waals surface area contributed by atoms with E-state index in [4.69, 9.17) is 1.41 Å². The van der Waals surface area contributed by atoms with Crippen LogP contribution in [0.1, 0.15) is 134 Å². The van der Waals surface area contributed by atoms with Gasteiger partial charge in [0.15, 0.2) is 0 Å². The van der Waals surface area contributed by atoms with Gasteiger partial charge >= 0.3 is 661 Å². The standard InChI is InChI=1S/4C24H25.4O.4Sn/c4*1-15-10-17(3)23(18(4)11-15)21-8-7-9-22(14-21)24-19(5)12-16(2)13-20(24)6;;;;;;;;/h4*7-13H,1-6H3;;;;;;;;/q;;;;;;;;;;;-1. The quantitative estimate of drug-likeness (QED) is 0.102. The molecule has 0 unspecified atom stereocenters. The van der Waals surface area contributed by atoms with Gasteiger partial charge < -0.3 is 0 Å². The molecule has 1 aliphatic rings. The van der Waals surface area contributed by atoms with E-state index in [2.05, 4.69) is 336 Å². The van der Waals surface area contributed by atoms with Crippen molar-refractivity contribution in [3.05, 3.63) is 303 Å². The van der Waals surface area contributed by atoms with Crippen LogP contribution in [0.3, 0.4) is 0 Å². The molecule has 12 aromatic carbocycles. The molecule has 525 valence electrons. The summed E-state index contributed by atoms with van der Waals surface area (Å²) in [6, 6.07) is 66.3. The van der Waals surface area contributed by atoms with Crippen molar-refractivity contribution >= 4 is 96.7 Å². The Balaban J connectivity index is 1.27. The van der Waals surface area contributed by atoms with Gasteiger partial charge in [-0.05, 0) is 0 Å². The minimum atomic E-state index is -6.05. The Morgan fingerprint density at radius 3 is 0.625 bits per heavy atom. The Bertz CT molecular complexity index is 4840. The molecule has 104 heavy (non-hydrogen) atoms. The monoisotopic (exact) mass is 1800 g/mol. The van der Waals surface area contributed by atoms with Crippen LogP contribution in [0.2, 0.25) is 0 Å². The van der Waals surface area contributed by atoms with E-state index in [1.165, 1.54) is 222 Å². The molecule has 1 fully saturated rings. The van der Waals surface area contributed by atoms with Crippen LogP contribution in [0.25, 0.3) is 89.0 Å². The summed E-state index contributed by atoms with van der Waals surface area (Å²) in [5.41, 5.74) is 48.8. The SMILES string of the molecule is Cc1cc(C)c(-c2cccc(-c3c(C)cc(C)cc3C)[c]2[Sn][O][Sn-]2([c]3c(-c4c(C)cc(C)cc4C)cccc3-c3c(C)cc(C)cc3C)[O][Sn]([c]3c(-c4c(C)cc(C)cc4C)cccc3-c3c(C)cc(C)cc3C)[O][Sn]([c]3c(-c4c(C)cc(C)cc4C)cccc3-c3c(C)cc(C)cc3C)[O]2)c(C)c1. The molecule has 8 heteroatoms. The molecule has 0 saturated carbocycles. The van der Waals surface area contributed by atoms with E-state index in [0.717, 1.165) is 14.7 Å². The normalized spacial score (nSPS) is 13.3. The molecule has 0 aliphatic carbocycles. The van der Waals surface area contributed by atoms with Crippen LogP contribution in [0.4, 0.5) is 0 Å². The van der Waals surface area contributed by atoms with Crippen molar-refractivity contribution < 1.29 is 5.65 Å². The molecule has 1 heterocycles. The second kappa shape index (κ2) is 30.4. The predicted octanol–water partition coefficient (Wildman–Crippen LogP) is 22.4. The van der Waals surface area contributed by atoms with Gasteiger partial charge in [-0.25, -0.2) is 0 Å². The van der Waals surface area contributed by atoms with Gasteiger partial charge in [-0.2, -0.15) is 0 Å². The van der Waals surface area contributed by atoms with Crippen molar-refractivity contribution in [1.82, 2.24) is 0 Å². The molecule has 12 aromatic rings. The molecular formula is C96H100O4Sn4-. The van der Waals surface area contributed by atoms with Crippen LogP contribution in [-0.4, -0.2) is 82.4 Å². The van der Waals surface area contributed by atoms with Crippen molar-refractivity contribution in [2.45, 2.75) is 166 Å². The van der Waals surface area contributed by atoms with Crippen LogP contribution in [0.15, 0.2) is 170 Å². The summed E-state index contributed by atoms with van der Waals surface area (Å²) in [6.45, 7) is 54.7. The summed E-state index contributed by atoms with van der Waals surface area (Å²) in [7, 11) is 0. The first kappa shape index (κ1) is 75.9. The summed E-state index contributed by atoms with van der Waals surface area (Å²) < 4.78 is 41.4. The van der Waals surface area contributed by atoms with E-state index in [9.17, 15) is 4.23 Å². The van der Waals surface area contributed by atoms with Crippen molar-refractivity contribution in [1.29, 1.82) is 0 Å². The van der Waals surface area contributed by atoms with Gasteiger partial charge in [0.2, 0.25) is 0 Å². The van der Waals surface area contributed by atoms with Gasteiger partial charge in [0.25, 0.3) is 0 Å². The minimum absolute atomic E-state index is 1.10. The van der Waals surface area contributed by atoms with E-state index in [0.29, 0.717) is 0 Å². The van der Waals surface area contributed by atoms with E-state index in [1.54, 1.807) is 0 Å². The summed E-state index contributed by atoms with van der Waals surface area (Å²) in [5.74, 6) is 0. The molecule has 0 amide bonds. The third kappa shape index (κ3) is 14.4. The molecule has 0 bridgehead atoms. The van der Waals surface area contributed by atoms with Crippen molar-refractivity contribution in [3.63, 3.8) is 0 Å². The number of hydrogen-bond acceptors (Lipinski definition) is 4. The van der Waals surface area contributed by atoms with Crippen molar-refractivity contribution in [2.24, 2.45) is 0 Å². The van der Waals surface area contributed by atoms with E-state index in [1.807, 2.05) is 0 Å². The van der Waals surface area contributed by atoms with Crippen LogP contribution in [0.5, 0.6) is 0 Å². The Labute approximate surface area is 654 Å². The predicted molar refractivity (Wildman–Crippen MR) is 449 cm³/mol. The first-order valence-corrected chi connectivity index (χ1v) is 51.9. The number of rotatable bonds is 14. The summed E-state index contributed by atoms with van der Waals surface area (Å²) >= 11 is -17.5. The summed E-state index contributed by atoms with van der Waals surface area (Å²) in [5, 5.41) is 0. The van der Waals surface area contributed by atoms with Crippen LogP contribution < -0.4 is 14.3 Å². The fourth-order valence-electron chi connectivity index (χ4n) is 18.5. The molecule has 1 saturated heterocycles. The van der Waals surface area contributed by atoms with Crippen molar-refractivity contribution in [3.8, 4) is 89.0 Å². The third-order valence-electron chi connectivity index (χ3n) is 21.5. The van der Waals surface area contributed by atoms with Gasteiger partial charge in [0, 0.05) is 0 Å². The summed E-state index contributed by atoms with van der Waals surface area (Å²) in [4.78, 5) is 0. The van der Waals surface area contributed by atoms with E-state index in [-0.39, 0.29) is 0 Å². The average molecular weight is 1790 g/mol. The van der Waals surface area contributed by atoms with Gasteiger partial charge in [0.1, 0.15) is 0 Å². The molecule has 1 aliphatic heterocycles. The zero-order valence-electron chi connectivity index (χ0n) is 65.8. The third-order valence-corrected chi connectivity index (χ3v) is 68.6. The molecule has 0 aromatic heterocycles. The molecular weight excluding hydrogens is 1690 g/mol. The van der Waals surface area contributed by atoms with Crippen LogP contribution in [-0.2, 0) is 5.65 Å². The van der Waals surface area contributed by atoms with Gasteiger partial charge in [0.05, 0.1) is 0 Å². The number of aryl methyl sites for hydroxylation is 24. The molecule has 4 nitrogen and oxygen atoms in total. The van der Waals surface area contributed by atoms with Crippen LogP contribution in [0, 0.1) is 166 Å². The fourth-order valence-corrected chi connectivity index (χ4v) is 95.0. The van der Waals surface area contributed by atoms with Crippen molar-refractivity contribution in [2.75, 3.05) is 0 Å². The fraction of sp³-hybridized carbons (Fsp3) is 0.250. The maximum absolute atomic E-state index is 9.25. The zero-order chi connectivity index (χ0) is 74.4. The van der Waals surface area contributed by atoms with E-state index >= 15 is 0 Å². The maximum atomic E-state index is 9.25. The molecule has 0 spiro atoms. The first-order chi connectivity index (χ1) is 49.4. The number of hydrogen-bond donors (Lipinski definition) is 0. The molecule has 4 radical (unpaired) electrons. The Morgan fingerprint density at radius 1 is 0.240 bits per heavy atom. The topological polar surface area (TPSA) is 36.9 Å². The first-order valence-electron chi connectivity index (χ1n) is 36.8.